The number of benzene rings is 1. The van der Waals surface area contributed by atoms with Crippen molar-refractivity contribution in [2.75, 3.05) is 45.9 Å². The average molecular weight is 322 g/mol. The molecule has 0 aromatic heterocycles. The van der Waals surface area contributed by atoms with Crippen LogP contribution in [0.4, 0.5) is 4.79 Å². The molecule has 6 nitrogen and oxygen atoms in total. The maximum absolute atomic E-state index is 11.6. The van der Waals surface area contributed by atoms with E-state index in [1.807, 2.05) is 31.2 Å². The molecule has 1 aliphatic rings. The zero-order valence-electron chi connectivity index (χ0n) is 13.9. The number of piperazine rings is 1. The van der Waals surface area contributed by atoms with Gasteiger partial charge in [0.2, 0.25) is 0 Å². The largest absolute Gasteiger partial charge is 0.491 e. The zero-order chi connectivity index (χ0) is 16.7. The smallest absolute Gasteiger partial charge is 0.409 e. The van der Waals surface area contributed by atoms with Crippen molar-refractivity contribution in [3.05, 3.63) is 29.8 Å². The molecular formula is C17H26N2O4. The van der Waals surface area contributed by atoms with Gasteiger partial charge in [-0.3, -0.25) is 4.90 Å². The molecule has 1 amide bonds. The molecular weight excluding hydrogens is 296 g/mol. The van der Waals surface area contributed by atoms with Gasteiger partial charge < -0.3 is 19.5 Å². The molecule has 0 unspecified atom stereocenters. The zero-order valence-corrected chi connectivity index (χ0v) is 13.9. The van der Waals surface area contributed by atoms with Crippen molar-refractivity contribution >= 4 is 6.09 Å². The number of aliphatic hydroxyl groups excluding tert-OH is 1. The fourth-order valence-electron chi connectivity index (χ4n) is 2.51. The van der Waals surface area contributed by atoms with Crippen LogP contribution in [-0.2, 0) is 4.74 Å². The van der Waals surface area contributed by atoms with E-state index in [1.165, 1.54) is 5.56 Å². The number of ether oxygens (including phenoxy) is 2. The van der Waals surface area contributed by atoms with E-state index in [2.05, 4.69) is 4.90 Å². The summed E-state index contributed by atoms with van der Waals surface area (Å²) in [5.74, 6) is 0.766. The Bertz CT molecular complexity index is 484. The molecule has 1 aliphatic heterocycles. The third kappa shape index (κ3) is 5.73. The van der Waals surface area contributed by atoms with Gasteiger partial charge in [0.1, 0.15) is 18.5 Å². The molecule has 128 valence electrons. The minimum Gasteiger partial charge on any atom is -0.491 e. The molecule has 0 spiro atoms. The first kappa shape index (κ1) is 17.6. The van der Waals surface area contributed by atoms with Gasteiger partial charge in [-0.25, -0.2) is 4.79 Å². The van der Waals surface area contributed by atoms with E-state index in [0.717, 1.165) is 18.8 Å². The maximum Gasteiger partial charge on any atom is 0.409 e. The lowest BCUT2D eigenvalue weighted by molar-refractivity contribution is 0.0408. The van der Waals surface area contributed by atoms with Gasteiger partial charge >= 0.3 is 6.09 Å². The number of β-amino-alcohol motifs (C(OH)–C–C–N with tert-alkyl or cyclic N) is 1. The van der Waals surface area contributed by atoms with Crippen LogP contribution in [0.5, 0.6) is 5.75 Å². The Morgan fingerprint density at radius 1 is 1.22 bits per heavy atom. The van der Waals surface area contributed by atoms with Crippen LogP contribution < -0.4 is 4.74 Å². The lowest BCUT2D eigenvalue weighted by Gasteiger charge is -2.34. The summed E-state index contributed by atoms with van der Waals surface area (Å²) in [7, 11) is 0. The van der Waals surface area contributed by atoms with Crippen molar-refractivity contribution < 1.29 is 19.4 Å². The highest BCUT2D eigenvalue weighted by atomic mass is 16.6. The van der Waals surface area contributed by atoms with Gasteiger partial charge in [-0.2, -0.15) is 0 Å². The fraction of sp³-hybridized carbons (Fsp3) is 0.588. The highest BCUT2D eigenvalue weighted by molar-refractivity contribution is 5.67. The minimum absolute atomic E-state index is 0.254. The molecule has 1 aromatic rings. The van der Waals surface area contributed by atoms with Crippen LogP contribution in [0.3, 0.4) is 0 Å². The standard InChI is InChI=1S/C17H26N2O4/c1-3-22-17(21)19-10-8-18(9-11-19)12-15(20)13-23-16-6-4-14(2)5-7-16/h4-7,15,20H,3,8-13H2,1-2H3/t15-/m1/s1. The van der Waals surface area contributed by atoms with Gasteiger partial charge in [-0.1, -0.05) is 17.7 Å². The second-order valence-corrected chi connectivity index (χ2v) is 5.76. The van der Waals surface area contributed by atoms with E-state index in [1.54, 1.807) is 11.8 Å². The summed E-state index contributed by atoms with van der Waals surface area (Å²) in [5, 5.41) is 10.1. The minimum atomic E-state index is -0.551. The van der Waals surface area contributed by atoms with E-state index in [9.17, 15) is 9.90 Å². The lowest BCUT2D eigenvalue weighted by atomic mass is 10.2. The van der Waals surface area contributed by atoms with E-state index < -0.39 is 6.10 Å². The monoisotopic (exact) mass is 322 g/mol. The van der Waals surface area contributed by atoms with E-state index in [-0.39, 0.29) is 12.7 Å². The van der Waals surface area contributed by atoms with Crippen LogP contribution in [0.1, 0.15) is 12.5 Å². The number of hydrogen-bond donors (Lipinski definition) is 1. The van der Waals surface area contributed by atoms with Crippen LogP contribution in [-0.4, -0.2) is 73.0 Å². The molecule has 0 bridgehead atoms. The van der Waals surface area contributed by atoms with Crippen LogP contribution in [0.25, 0.3) is 0 Å². The van der Waals surface area contributed by atoms with Crippen LogP contribution in [0.2, 0.25) is 0 Å². The summed E-state index contributed by atoms with van der Waals surface area (Å²) in [6.07, 6.45) is -0.805. The SMILES string of the molecule is CCOC(=O)N1CCN(C[C@@H](O)COc2ccc(C)cc2)CC1. The summed E-state index contributed by atoms with van der Waals surface area (Å²) >= 11 is 0. The normalized spacial score (nSPS) is 16.9. The molecule has 1 N–H and O–H groups in total. The van der Waals surface area contributed by atoms with Crippen molar-refractivity contribution in [2.24, 2.45) is 0 Å². The van der Waals surface area contributed by atoms with Gasteiger partial charge in [0.15, 0.2) is 0 Å². The number of aliphatic hydroxyl groups is 1. The van der Waals surface area contributed by atoms with E-state index in [0.29, 0.717) is 26.2 Å². The van der Waals surface area contributed by atoms with Gasteiger partial charge in [0.25, 0.3) is 0 Å². The first-order valence-electron chi connectivity index (χ1n) is 8.10. The van der Waals surface area contributed by atoms with Crippen molar-refractivity contribution in [3.8, 4) is 5.75 Å². The Balaban J connectivity index is 1.67. The molecule has 0 aliphatic carbocycles. The van der Waals surface area contributed by atoms with Gasteiger partial charge in [0, 0.05) is 32.7 Å². The van der Waals surface area contributed by atoms with Gasteiger partial charge in [0.05, 0.1) is 6.61 Å². The van der Waals surface area contributed by atoms with Crippen LogP contribution in [0, 0.1) is 6.92 Å². The summed E-state index contributed by atoms with van der Waals surface area (Å²) < 4.78 is 10.6. The summed E-state index contributed by atoms with van der Waals surface area (Å²) in [6, 6.07) is 7.77. The second-order valence-electron chi connectivity index (χ2n) is 5.76. The highest BCUT2D eigenvalue weighted by Crippen LogP contribution is 2.12. The van der Waals surface area contributed by atoms with Crippen molar-refractivity contribution in [1.29, 1.82) is 0 Å². The van der Waals surface area contributed by atoms with Crippen LogP contribution in [0.15, 0.2) is 24.3 Å². The molecule has 1 atom stereocenters. The average Bonchev–Trinajstić information content (AvgIpc) is 2.55. The lowest BCUT2D eigenvalue weighted by Crippen LogP contribution is -2.51. The predicted molar refractivity (Wildman–Crippen MR) is 87.7 cm³/mol. The number of nitrogens with zero attached hydrogens (tertiary/aromatic N) is 2. The summed E-state index contributed by atoms with van der Waals surface area (Å²) in [6.45, 7) is 7.76. The molecule has 0 saturated carbocycles. The Morgan fingerprint density at radius 3 is 2.48 bits per heavy atom. The number of aryl methyl sites for hydroxylation is 1. The number of amides is 1. The second kappa shape index (κ2) is 8.74. The summed E-state index contributed by atoms with van der Waals surface area (Å²) in [5.41, 5.74) is 1.18. The highest BCUT2D eigenvalue weighted by Gasteiger charge is 2.23. The molecule has 1 aromatic carbocycles. The van der Waals surface area contributed by atoms with Gasteiger partial charge in [-0.05, 0) is 26.0 Å². The van der Waals surface area contributed by atoms with Gasteiger partial charge in [-0.15, -0.1) is 0 Å². The Labute approximate surface area is 137 Å². The van der Waals surface area contributed by atoms with Crippen molar-refractivity contribution in [2.45, 2.75) is 20.0 Å². The Morgan fingerprint density at radius 2 is 1.87 bits per heavy atom. The van der Waals surface area contributed by atoms with E-state index in [4.69, 9.17) is 9.47 Å². The van der Waals surface area contributed by atoms with E-state index >= 15 is 0 Å². The predicted octanol–water partition coefficient (Wildman–Crippen LogP) is 1.51. The molecule has 0 radical (unpaired) electrons. The third-order valence-corrected chi connectivity index (χ3v) is 3.83. The number of carbonyl (C=O) groups is 1. The maximum atomic E-state index is 11.6. The number of carbonyl (C=O) groups excluding carboxylic acids is 1. The van der Waals surface area contributed by atoms with Crippen molar-refractivity contribution in [3.63, 3.8) is 0 Å². The Kier molecular flexibility index (Phi) is 6.67. The fourth-order valence-corrected chi connectivity index (χ4v) is 2.51. The molecule has 1 fully saturated rings. The third-order valence-electron chi connectivity index (χ3n) is 3.83. The molecule has 1 heterocycles. The van der Waals surface area contributed by atoms with Crippen molar-refractivity contribution in [1.82, 2.24) is 9.80 Å². The number of hydrogen-bond acceptors (Lipinski definition) is 5. The quantitative estimate of drug-likeness (QED) is 0.860. The molecule has 23 heavy (non-hydrogen) atoms. The van der Waals surface area contributed by atoms with Crippen LogP contribution >= 0.6 is 0 Å². The number of rotatable bonds is 6. The molecule has 1 saturated heterocycles. The molecule has 2 rings (SSSR count). The topological polar surface area (TPSA) is 62.2 Å². The Hall–Kier alpha value is -1.79. The first-order valence-corrected chi connectivity index (χ1v) is 8.10. The first-order chi connectivity index (χ1) is 11.1. The summed E-state index contributed by atoms with van der Waals surface area (Å²) in [4.78, 5) is 15.5. The molecule has 6 heteroatoms.